The standard InChI is InChI=1S/C20H23FN2O4/c1-23(10-11-25-17-5-2-15(21)3-6-17)9-8-20(24)22-16-4-7-18-19(14-16)27-13-12-26-18/h2-7,14H,8-13H2,1H3,(H,22,24). The first kappa shape index (κ1) is 19.0. The third-order valence-electron chi connectivity index (χ3n) is 4.10. The number of amides is 1. The number of likely N-dealkylation sites (N-methyl/N-ethyl adjacent to an activating group) is 1. The third-order valence-corrected chi connectivity index (χ3v) is 4.10. The second-order valence-electron chi connectivity index (χ2n) is 6.26. The Hall–Kier alpha value is -2.80. The number of hydrogen-bond acceptors (Lipinski definition) is 5. The first-order chi connectivity index (χ1) is 13.1. The van der Waals surface area contributed by atoms with E-state index in [9.17, 15) is 9.18 Å². The Bertz CT molecular complexity index is 767. The maximum absolute atomic E-state index is 12.8. The van der Waals surface area contributed by atoms with E-state index in [4.69, 9.17) is 14.2 Å². The lowest BCUT2D eigenvalue weighted by Crippen LogP contribution is -2.28. The molecule has 7 heteroatoms. The summed E-state index contributed by atoms with van der Waals surface area (Å²) in [5.41, 5.74) is 0.687. The average molecular weight is 374 g/mol. The van der Waals surface area contributed by atoms with E-state index in [-0.39, 0.29) is 11.7 Å². The van der Waals surface area contributed by atoms with E-state index in [2.05, 4.69) is 5.32 Å². The van der Waals surface area contributed by atoms with Gasteiger partial charge in [0.15, 0.2) is 11.5 Å². The van der Waals surface area contributed by atoms with Crippen LogP contribution in [0.5, 0.6) is 17.2 Å². The van der Waals surface area contributed by atoms with Gasteiger partial charge in [-0.3, -0.25) is 4.79 Å². The quantitative estimate of drug-likeness (QED) is 0.770. The molecule has 0 fully saturated rings. The van der Waals surface area contributed by atoms with Crippen LogP contribution in [0.25, 0.3) is 0 Å². The van der Waals surface area contributed by atoms with Crippen molar-refractivity contribution in [2.24, 2.45) is 0 Å². The number of hydrogen-bond donors (Lipinski definition) is 1. The smallest absolute Gasteiger partial charge is 0.225 e. The van der Waals surface area contributed by atoms with Crippen molar-refractivity contribution >= 4 is 11.6 Å². The molecule has 6 nitrogen and oxygen atoms in total. The van der Waals surface area contributed by atoms with Crippen molar-refractivity contribution in [3.63, 3.8) is 0 Å². The van der Waals surface area contributed by atoms with Gasteiger partial charge in [0.05, 0.1) is 0 Å². The molecule has 0 atom stereocenters. The van der Waals surface area contributed by atoms with Crippen molar-refractivity contribution in [2.45, 2.75) is 6.42 Å². The van der Waals surface area contributed by atoms with E-state index in [1.54, 1.807) is 30.3 Å². The van der Waals surface area contributed by atoms with Gasteiger partial charge in [-0.15, -0.1) is 0 Å². The summed E-state index contributed by atoms with van der Waals surface area (Å²) in [5.74, 6) is 1.61. The van der Waals surface area contributed by atoms with Gasteiger partial charge in [0.25, 0.3) is 0 Å². The molecule has 2 aromatic rings. The second-order valence-corrected chi connectivity index (χ2v) is 6.26. The van der Waals surface area contributed by atoms with Crippen molar-refractivity contribution in [2.75, 3.05) is 45.3 Å². The molecule has 1 aliphatic rings. The molecule has 27 heavy (non-hydrogen) atoms. The van der Waals surface area contributed by atoms with Gasteiger partial charge < -0.3 is 24.4 Å². The van der Waals surface area contributed by atoms with Crippen molar-refractivity contribution in [3.8, 4) is 17.2 Å². The molecule has 1 aliphatic heterocycles. The molecular weight excluding hydrogens is 351 g/mol. The number of nitrogens with zero attached hydrogens (tertiary/aromatic N) is 1. The number of benzene rings is 2. The molecule has 2 aromatic carbocycles. The molecule has 1 heterocycles. The van der Waals surface area contributed by atoms with Crippen LogP contribution < -0.4 is 19.5 Å². The lowest BCUT2D eigenvalue weighted by Gasteiger charge is -2.19. The Labute approximate surface area is 157 Å². The predicted octanol–water partition coefficient (Wildman–Crippen LogP) is 2.94. The Morgan fingerprint density at radius 2 is 1.85 bits per heavy atom. The van der Waals surface area contributed by atoms with Gasteiger partial charge >= 0.3 is 0 Å². The summed E-state index contributed by atoms with van der Waals surface area (Å²) in [6, 6.07) is 11.3. The average Bonchev–Trinajstić information content (AvgIpc) is 2.68. The zero-order valence-corrected chi connectivity index (χ0v) is 15.2. The Kier molecular flexibility index (Phi) is 6.49. The van der Waals surface area contributed by atoms with Crippen molar-refractivity contribution in [1.82, 2.24) is 4.90 Å². The minimum Gasteiger partial charge on any atom is -0.492 e. The summed E-state index contributed by atoms with van der Waals surface area (Å²) in [5, 5.41) is 2.87. The molecule has 1 N–H and O–H groups in total. The van der Waals surface area contributed by atoms with E-state index in [0.717, 1.165) is 0 Å². The monoisotopic (exact) mass is 374 g/mol. The highest BCUT2D eigenvalue weighted by molar-refractivity contribution is 5.91. The fourth-order valence-electron chi connectivity index (χ4n) is 2.60. The van der Waals surface area contributed by atoms with E-state index in [0.29, 0.717) is 62.3 Å². The van der Waals surface area contributed by atoms with Crippen LogP contribution >= 0.6 is 0 Å². The molecule has 0 saturated carbocycles. The summed E-state index contributed by atoms with van der Waals surface area (Å²) >= 11 is 0. The number of carbonyl (C=O) groups excluding carboxylic acids is 1. The molecule has 0 bridgehead atoms. The summed E-state index contributed by atoms with van der Waals surface area (Å²) in [6.07, 6.45) is 0.363. The van der Waals surface area contributed by atoms with Crippen LogP contribution in [-0.2, 0) is 4.79 Å². The van der Waals surface area contributed by atoms with Crippen LogP contribution in [0, 0.1) is 5.82 Å². The Morgan fingerprint density at radius 1 is 1.11 bits per heavy atom. The van der Waals surface area contributed by atoms with Crippen LogP contribution in [-0.4, -0.2) is 50.8 Å². The molecule has 0 aromatic heterocycles. The Morgan fingerprint density at radius 3 is 2.63 bits per heavy atom. The molecule has 0 radical (unpaired) electrons. The van der Waals surface area contributed by atoms with Gasteiger partial charge in [-0.25, -0.2) is 4.39 Å². The normalized spacial score (nSPS) is 12.7. The van der Waals surface area contributed by atoms with Crippen molar-refractivity contribution < 1.29 is 23.4 Å². The number of rotatable bonds is 8. The van der Waals surface area contributed by atoms with Gasteiger partial charge in [0.2, 0.25) is 5.91 Å². The van der Waals surface area contributed by atoms with Gasteiger partial charge in [-0.2, -0.15) is 0 Å². The highest BCUT2D eigenvalue weighted by Crippen LogP contribution is 2.32. The number of anilines is 1. The van der Waals surface area contributed by atoms with Gasteiger partial charge in [-0.05, 0) is 43.4 Å². The lowest BCUT2D eigenvalue weighted by atomic mass is 10.2. The highest BCUT2D eigenvalue weighted by Gasteiger charge is 2.13. The number of fused-ring (bicyclic) bond motifs is 1. The molecule has 3 rings (SSSR count). The molecule has 1 amide bonds. The molecule has 0 saturated heterocycles. The van der Waals surface area contributed by atoms with Crippen LogP contribution in [0.4, 0.5) is 10.1 Å². The van der Waals surface area contributed by atoms with Gasteiger partial charge in [0, 0.05) is 31.3 Å². The van der Waals surface area contributed by atoms with Crippen LogP contribution in [0.2, 0.25) is 0 Å². The van der Waals surface area contributed by atoms with Gasteiger partial charge in [0.1, 0.15) is 31.4 Å². The van der Waals surface area contributed by atoms with Crippen molar-refractivity contribution in [1.29, 1.82) is 0 Å². The number of ether oxygens (including phenoxy) is 3. The SMILES string of the molecule is CN(CCOc1ccc(F)cc1)CCC(=O)Nc1ccc2c(c1)OCCO2. The number of carbonyl (C=O) groups is 1. The van der Waals surface area contributed by atoms with Crippen LogP contribution in [0.3, 0.4) is 0 Å². The summed E-state index contributed by atoms with van der Waals surface area (Å²) in [6.45, 7) is 2.77. The molecule has 0 aliphatic carbocycles. The molecule has 0 unspecified atom stereocenters. The maximum atomic E-state index is 12.8. The first-order valence-electron chi connectivity index (χ1n) is 8.86. The lowest BCUT2D eigenvalue weighted by molar-refractivity contribution is -0.116. The van der Waals surface area contributed by atoms with Crippen LogP contribution in [0.15, 0.2) is 42.5 Å². The summed E-state index contributed by atoms with van der Waals surface area (Å²) in [7, 11) is 1.92. The fourth-order valence-corrected chi connectivity index (χ4v) is 2.60. The van der Waals surface area contributed by atoms with Crippen LogP contribution in [0.1, 0.15) is 6.42 Å². The zero-order chi connectivity index (χ0) is 19.1. The Balaban J connectivity index is 1.36. The number of halogens is 1. The first-order valence-corrected chi connectivity index (χ1v) is 8.86. The highest BCUT2D eigenvalue weighted by atomic mass is 19.1. The van der Waals surface area contributed by atoms with E-state index in [1.165, 1.54) is 12.1 Å². The minimum absolute atomic E-state index is 0.0713. The third kappa shape index (κ3) is 5.86. The molecule has 0 spiro atoms. The number of nitrogens with one attached hydrogen (secondary N) is 1. The predicted molar refractivity (Wildman–Crippen MR) is 100 cm³/mol. The van der Waals surface area contributed by atoms with Gasteiger partial charge in [-0.1, -0.05) is 0 Å². The topological polar surface area (TPSA) is 60.0 Å². The molecule has 144 valence electrons. The maximum Gasteiger partial charge on any atom is 0.225 e. The van der Waals surface area contributed by atoms with E-state index < -0.39 is 0 Å². The van der Waals surface area contributed by atoms with E-state index in [1.807, 2.05) is 11.9 Å². The second kappa shape index (κ2) is 9.23. The zero-order valence-electron chi connectivity index (χ0n) is 15.2. The van der Waals surface area contributed by atoms with Crippen molar-refractivity contribution in [3.05, 3.63) is 48.3 Å². The minimum atomic E-state index is -0.288. The summed E-state index contributed by atoms with van der Waals surface area (Å²) in [4.78, 5) is 14.1. The fraction of sp³-hybridized carbons (Fsp3) is 0.350. The summed E-state index contributed by atoms with van der Waals surface area (Å²) < 4.78 is 29.4. The van der Waals surface area contributed by atoms with E-state index >= 15 is 0 Å². The largest absolute Gasteiger partial charge is 0.492 e. The molecular formula is C20H23FN2O4.